The van der Waals surface area contributed by atoms with Crippen LogP contribution in [-0.4, -0.2) is 42.2 Å². The third-order valence-electron chi connectivity index (χ3n) is 2.31. The average Bonchev–Trinajstić information content (AvgIpc) is 2.17. The largest absolute Gasteiger partial charge is 0.339 e. The zero-order chi connectivity index (χ0) is 9.84. The minimum Gasteiger partial charge on any atom is -0.339 e. The molecule has 76 valence electrons. The van der Waals surface area contributed by atoms with Gasteiger partial charge in [0.15, 0.2) is 0 Å². The molecule has 0 aromatic carbocycles. The highest BCUT2D eigenvalue weighted by Crippen LogP contribution is 2.12. The molecule has 1 aliphatic rings. The van der Waals surface area contributed by atoms with Crippen LogP contribution in [0.2, 0.25) is 0 Å². The van der Waals surface area contributed by atoms with Gasteiger partial charge < -0.3 is 10.2 Å². The van der Waals surface area contributed by atoms with E-state index in [-0.39, 0.29) is 11.2 Å². The zero-order valence-corrected chi connectivity index (χ0v) is 9.18. The van der Waals surface area contributed by atoms with Crippen LogP contribution in [-0.2, 0) is 4.79 Å². The molecule has 0 radical (unpaired) electrons. The summed E-state index contributed by atoms with van der Waals surface area (Å²) >= 11 is 4.32. The van der Waals surface area contributed by atoms with Gasteiger partial charge in [0.25, 0.3) is 0 Å². The molecule has 1 aliphatic heterocycles. The normalized spacial score (nSPS) is 20.5. The van der Waals surface area contributed by atoms with E-state index >= 15 is 0 Å². The fourth-order valence-corrected chi connectivity index (χ4v) is 1.52. The molecule has 1 atom stereocenters. The molecule has 1 unspecified atom stereocenters. The Morgan fingerprint density at radius 3 is 2.38 bits per heavy atom. The quantitative estimate of drug-likeness (QED) is 0.634. The number of amides is 1. The van der Waals surface area contributed by atoms with Crippen LogP contribution in [0.25, 0.3) is 0 Å². The van der Waals surface area contributed by atoms with Crippen LogP contribution < -0.4 is 5.32 Å². The topological polar surface area (TPSA) is 32.3 Å². The van der Waals surface area contributed by atoms with Crippen LogP contribution in [0.4, 0.5) is 0 Å². The van der Waals surface area contributed by atoms with Gasteiger partial charge in [0.2, 0.25) is 5.91 Å². The molecule has 1 saturated heterocycles. The number of piperazine rings is 1. The van der Waals surface area contributed by atoms with Gasteiger partial charge in [-0.1, -0.05) is 13.8 Å². The Balaban J connectivity index is 2.45. The predicted molar refractivity (Wildman–Crippen MR) is 57.1 cm³/mol. The molecule has 13 heavy (non-hydrogen) atoms. The first-order valence-corrected chi connectivity index (χ1v) is 5.32. The molecular weight excluding hydrogens is 184 g/mol. The number of thiol groups is 1. The highest BCUT2D eigenvalue weighted by molar-refractivity contribution is 7.81. The molecule has 1 rings (SSSR count). The van der Waals surface area contributed by atoms with Gasteiger partial charge in [-0.25, -0.2) is 0 Å². The second-order valence-electron chi connectivity index (χ2n) is 3.76. The lowest BCUT2D eigenvalue weighted by atomic mass is 10.1. The summed E-state index contributed by atoms with van der Waals surface area (Å²) in [6, 6.07) is 0. The first kappa shape index (κ1) is 10.9. The van der Waals surface area contributed by atoms with E-state index in [1.165, 1.54) is 0 Å². The molecule has 0 bridgehead atoms. The van der Waals surface area contributed by atoms with Crippen molar-refractivity contribution >= 4 is 18.5 Å². The van der Waals surface area contributed by atoms with Gasteiger partial charge in [0.05, 0.1) is 5.25 Å². The predicted octanol–water partition coefficient (Wildman–Crippen LogP) is 0.373. The zero-order valence-electron chi connectivity index (χ0n) is 8.29. The van der Waals surface area contributed by atoms with Gasteiger partial charge in [-0.15, -0.1) is 0 Å². The molecule has 1 heterocycles. The number of nitrogens with one attached hydrogen (secondary N) is 1. The monoisotopic (exact) mass is 202 g/mol. The maximum absolute atomic E-state index is 11.8. The van der Waals surface area contributed by atoms with Crippen LogP contribution in [0.1, 0.15) is 13.8 Å². The van der Waals surface area contributed by atoms with Crippen molar-refractivity contribution in [2.75, 3.05) is 26.2 Å². The molecule has 1 N–H and O–H groups in total. The van der Waals surface area contributed by atoms with E-state index < -0.39 is 0 Å². The van der Waals surface area contributed by atoms with Crippen molar-refractivity contribution in [3.05, 3.63) is 0 Å². The molecule has 0 aromatic rings. The summed E-state index contributed by atoms with van der Waals surface area (Å²) in [4.78, 5) is 13.7. The number of nitrogens with zero attached hydrogens (tertiary/aromatic N) is 1. The number of carbonyl (C=O) groups is 1. The van der Waals surface area contributed by atoms with Crippen LogP contribution in [0.5, 0.6) is 0 Å². The van der Waals surface area contributed by atoms with Crippen molar-refractivity contribution < 1.29 is 4.79 Å². The van der Waals surface area contributed by atoms with Crippen molar-refractivity contribution in [2.24, 2.45) is 5.92 Å². The first-order valence-electron chi connectivity index (χ1n) is 4.80. The van der Waals surface area contributed by atoms with Gasteiger partial charge in [-0.05, 0) is 5.92 Å². The Kier molecular flexibility index (Phi) is 4.06. The molecule has 0 saturated carbocycles. The number of hydrogen-bond acceptors (Lipinski definition) is 3. The van der Waals surface area contributed by atoms with Crippen LogP contribution >= 0.6 is 12.6 Å². The summed E-state index contributed by atoms with van der Waals surface area (Å²) in [5.41, 5.74) is 0. The van der Waals surface area contributed by atoms with E-state index in [1.807, 2.05) is 18.7 Å². The summed E-state index contributed by atoms with van der Waals surface area (Å²) in [7, 11) is 0. The maximum Gasteiger partial charge on any atom is 0.235 e. The standard InChI is InChI=1S/C9H18N2OS/c1-7(2)8(13)9(12)11-5-3-10-4-6-11/h7-8,10,13H,3-6H2,1-2H3. The lowest BCUT2D eigenvalue weighted by Gasteiger charge is -2.30. The smallest absolute Gasteiger partial charge is 0.235 e. The molecule has 4 heteroatoms. The maximum atomic E-state index is 11.8. The average molecular weight is 202 g/mol. The second kappa shape index (κ2) is 4.86. The molecule has 0 aromatic heterocycles. The van der Waals surface area contributed by atoms with Crippen molar-refractivity contribution in [2.45, 2.75) is 19.1 Å². The Hall–Kier alpha value is -0.220. The molecule has 3 nitrogen and oxygen atoms in total. The van der Waals surface area contributed by atoms with E-state index in [2.05, 4.69) is 17.9 Å². The number of carbonyl (C=O) groups excluding carboxylic acids is 1. The van der Waals surface area contributed by atoms with Crippen LogP contribution in [0.15, 0.2) is 0 Å². The van der Waals surface area contributed by atoms with E-state index in [4.69, 9.17) is 0 Å². The minimum absolute atomic E-state index is 0.141. The first-order chi connectivity index (χ1) is 6.13. The van der Waals surface area contributed by atoms with Gasteiger partial charge in [0, 0.05) is 26.2 Å². The molecular formula is C9H18N2OS. The summed E-state index contributed by atoms with van der Waals surface area (Å²) in [6.07, 6.45) is 0. The lowest BCUT2D eigenvalue weighted by Crippen LogP contribution is -2.49. The third-order valence-corrected chi connectivity index (χ3v) is 3.13. The Labute approximate surface area is 85.3 Å². The number of hydrogen-bond donors (Lipinski definition) is 2. The van der Waals surface area contributed by atoms with Crippen molar-refractivity contribution in [1.82, 2.24) is 10.2 Å². The lowest BCUT2D eigenvalue weighted by molar-refractivity contribution is -0.131. The Morgan fingerprint density at radius 1 is 1.38 bits per heavy atom. The van der Waals surface area contributed by atoms with Gasteiger partial charge >= 0.3 is 0 Å². The van der Waals surface area contributed by atoms with Crippen LogP contribution in [0, 0.1) is 5.92 Å². The Morgan fingerprint density at radius 2 is 1.92 bits per heavy atom. The minimum atomic E-state index is -0.141. The fraction of sp³-hybridized carbons (Fsp3) is 0.889. The van der Waals surface area contributed by atoms with Crippen LogP contribution in [0.3, 0.4) is 0 Å². The van der Waals surface area contributed by atoms with Gasteiger partial charge in [-0.3, -0.25) is 4.79 Å². The van der Waals surface area contributed by atoms with E-state index in [9.17, 15) is 4.79 Å². The van der Waals surface area contributed by atoms with Gasteiger partial charge in [-0.2, -0.15) is 12.6 Å². The van der Waals surface area contributed by atoms with E-state index in [0.717, 1.165) is 26.2 Å². The summed E-state index contributed by atoms with van der Waals surface area (Å²) < 4.78 is 0. The van der Waals surface area contributed by atoms with Crippen molar-refractivity contribution in [3.63, 3.8) is 0 Å². The number of rotatable bonds is 2. The summed E-state index contributed by atoms with van der Waals surface area (Å²) in [6.45, 7) is 7.51. The van der Waals surface area contributed by atoms with Gasteiger partial charge in [0.1, 0.15) is 0 Å². The second-order valence-corrected chi connectivity index (χ2v) is 4.32. The fourth-order valence-electron chi connectivity index (χ4n) is 1.36. The van der Waals surface area contributed by atoms with Crippen molar-refractivity contribution in [3.8, 4) is 0 Å². The third kappa shape index (κ3) is 2.88. The highest BCUT2D eigenvalue weighted by Gasteiger charge is 2.24. The molecule has 1 amide bonds. The Bertz CT molecular complexity index is 178. The SMILES string of the molecule is CC(C)C(S)C(=O)N1CCNCC1. The summed E-state index contributed by atoms with van der Waals surface area (Å²) in [5.74, 6) is 0.491. The molecule has 1 fully saturated rings. The van der Waals surface area contributed by atoms with E-state index in [0.29, 0.717) is 5.92 Å². The highest BCUT2D eigenvalue weighted by atomic mass is 32.1. The van der Waals surface area contributed by atoms with E-state index in [1.54, 1.807) is 0 Å². The van der Waals surface area contributed by atoms with Crippen molar-refractivity contribution in [1.29, 1.82) is 0 Å². The summed E-state index contributed by atoms with van der Waals surface area (Å²) in [5, 5.41) is 3.08. The molecule has 0 spiro atoms. The molecule has 0 aliphatic carbocycles.